The van der Waals surface area contributed by atoms with E-state index in [4.69, 9.17) is 19.9 Å². The number of nitrogens with zero attached hydrogens (tertiary/aromatic N) is 4. The van der Waals surface area contributed by atoms with Crippen LogP contribution in [-0.2, 0) is 14.2 Å². The number of hydrogen-bond acceptors (Lipinski definition) is 7. The third-order valence-corrected chi connectivity index (χ3v) is 4.51. The molecule has 0 radical (unpaired) electrons. The summed E-state index contributed by atoms with van der Waals surface area (Å²) in [6.07, 6.45) is 2.98. The van der Waals surface area contributed by atoms with Gasteiger partial charge in [-0.1, -0.05) is 13.5 Å². The van der Waals surface area contributed by atoms with Crippen molar-refractivity contribution in [3.8, 4) is 0 Å². The molecule has 2 aliphatic heterocycles. The van der Waals surface area contributed by atoms with E-state index >= 15 is 0 Å². The molecule has 0 saturated carbocycles. The Balaban J connectivity index is 1.83. The lowest BCUT2D eigenvalue weighted by molar-refractivity contribution is -0.197. The SMILES string of the molecule is C=Cc1nn([C@@H]2O[C@H](CC)[C@H]3OC(C)(C)O[C@H]32)c2ncnc(N)c12. The van der Waals surface area contributed by atoms with Crippen molar-refractivity contribution in [3.63, 3.8) is 0 Å². The zero-order chi connectivity index (χ0) is 17.1. The summed E-state index contributed by atoms with van der Waals surface area (Å²) in [5.74, 6) is -0.283. The normalized spacial score (nSPS) is 31.5. The third-order valence-electron chi connectivity index (χ3n) is 4.51. The van der Waals surface area contributed by atoms with Gasteiger partial charge in [0, 0.05) is 0 Å². The highest BCUT2D eigenvalue weighted by molar-refractivity contribution is 5.92. The fourth-order valence-corrected chi connectivity index (χ4v) is 3.53. The van der Waals surface area contributed by atoms with Gasteiger partial charge < -0.3 is 19.9 Å². The molecule has 2 saturated heterocycles. The largest absolute Gasteiger partial charge is 0.383 e. The van der Waals surface area contributed by atoms with Crippen LogP contribution in [0.3, 0.4) is 0 Å². The summed E-state index contributed by atoms with van der Waals surface area (Å²) < 4.78 is 20.0. The lowest BCUT2D eigenvalue weighted by atomic mass is 10.1. The van der Waals surface area contributed by atoms with E-state index in [9.17, 15) is 0 Å². The van der Waals surface area contributed by atoms with Gasteiger partial charge in [-0.25, -0.2) is 14.6 Å². The van der Waals surface area contributed by atoms with Gasteiger partial charge in [0.15, 0.2) is 17.7 Å². The van der Waals surface area contributed by atoms with Crippen molar-refractivity contribution in [1.29, 1.82) is 0 Å². The first-order valence-corrected chi connectivity index (χ1v) is 8.07. The number of ether oxygens (including phenoxy) is 3. The Bertz CT molecular complexity index is 802. The van der Waals surface area contributed by atoms with Gasteiger partial charge in [-0.05, 0) is 26.3 Å². The van der Waals surface area contributed by atoms with Crippen LogP contribution < -0.4 is 5.73 Å². The second-order valence-corrected chi connectivity index (χ2v) is 6.53. The Morgan fingerprint density at radius 1 is 1.33 bits per heavy atom. The molecule has 2 aromatic rings. The van der Waals surface area contributed by atoms with Gasteiger partial charge in [-0.15, -0.1) is 0 Å². The maximum atomic E-state index is 6.18. The topological polar surface area (TPSA) is 97.3 Å². The molecule has 4 atom stereocenters. The Hall–Kier alpha value is -2.03. The van der Waals surface area contributed by atoms with E-state index in [1.54, 1.807) is 10.8 Å². The van der Waals surface area contributed by atoms with Crippen molar-refractivity contribution in [2.24, 2.45) is 0 Å². The molecule has 8 heteroatoms. The van der Waals surface area contributed by atoms with E-state index < -0.39 is 12.0 Å². The Morgan fingerprint density at radius 3 is 2.79 bits per heavy atom. The lowest BCUT2D eigenvalue weighted by Crippen LogP contribution is -2.28. The first-order valence-electron chi connectivity index (χ1n) is 8.07. The molecule has 0 bridgehead atoms. The minimum absolute atomic E-state index is 0.0626. The van der Waals surface area contributed by atoms with Gasteiger partial charge in [-0.3, -0.25) is 0 Å². The standard InChI is InChI=1S/C16H21N5O3/c1-5-8-10-13(17)18-7-19-14(10)21(20-8)15-12-11(9(6-2)22-15)23-16(3,4)24-12/h5,7,9,11-12,15H,1,6H2,2-4H3,(H2,17,18,19)/t9-,11-,12-,15-/m1/s1. The van der Waals surface area contributed by atoms with Crippen LogP contribution >= 0.6 is 0 Å². The van der Waals surface area contributed by atoms with Crippen LogP contribution in [0.4, 0.5) is 5.82 Å². The molecule has 2 fully saturated rings. The van der Waals surface area contributed by atoms with E-state index in [-0.39, 0.29) is 18.3 Å². The minimum atomic E-state index is -0.650. The van der Waals surface area contributed by atoms with Crippen LogP contribution in [0.5, 0.6) is 0 Å². The second kappa shape index (κ2) is 5.23. The summed E-state index contributed by atoms with van der Waals surface area (Å²) in [6.45, 7) is 9.68. The van der Waals surface area contributed by atoms with E-state index in [0.717, 1.165) is 6.42 Å². The third kappa shape index (κ3) is 2.14. The van der Waals surface area contributed by atoms with Crippen LogP contribution in [0.25, 0.3) is 17.1 Å². The van der Waals surface area contributed by atoms with Crippen molar-refractivity contribution in [1.82, 2.24) is 19.7 Å². The quantitative estimate of drug-likeness (QED) is 0.917. The average Bonchev–Trinajstić information content (AvgIpc) is 3.16. The molecule has 4 heterocycles. The molecule has 24 heavy (non-hydrogen) atoms. The zero-order valence-corrected chi connectivity index (χ0v) is 14.0. The number of fused-ring (bicyclic) bond motifs is 2. The molecule has 0 amide bonds. The van der Waals surface area contributed by atoms with Crippen LogP contribution in [0, 0.1) is 0 Å². The van der Waals surface area contributed by atoms with E-state index in [0.29, 0.717) is 22.5 Å². The summed E-state index contributed by atoms with van der Waals surface area (Å²) in [5, 5.41) is 5.26. The molecule has 2 aromatic heterocycles. The van der Waals surface area contributed by atoms with Crippen molar-refractivity contribution in [2.45, 2.75) is 57.5 Å². The predicted octanol–water partition coefficient (Wildman–Crippen LogP) is 1.88. The fourth-order valence-electron chi connectivity index (χ4n) is 3.53. The molecule has 8 nitrogen and oxygen atoms in total. The highest BCUT2D eigenvalue weighted by atomic mass is 16.8. The Morgan fingerprint density at radius 2 is 2.08 bits per heavy atom. The van der Waals surface area contributed by atoms with Crippen molar-refractivity contribution in [3.05, 3.63) is 18.6 Å². The van der Waals surface area contributed by atoms with Gasteiger partial charge in [0.2, 0.25) is 0 Å². The highest BCUT2D eigenvalue weighted by Crippen LogP contribution is 2.44. The Labute approximate surface area is 139 Å². The maximum Gasteiger partial charge on any atom is 0.181 e. The van der Waals surface area contributed by atoms with Crippen LogP contribution in [-0.4, -0.2) is 43.8 Å². The van der Waals surface area contributed by atoms with E-state index in [1.165, 1.54) is 6.33 Å². The van der Waals surface area contributed by atoms with E-state index in [1.807, 2.05) is 13.8 Å². The van der Waals surface area contributed by atoms with Gasteiger partial charge in [0.25, 0.3) is 0 Å². The predicted molar refractivity (Wildman–Crippen MR) is 87.9 cm³/mol. The zero-order valence-electron chi connectivity index (χ0n) is 14.0. The molecule has 2 N–H and O–H groups in total. The van der Waals surface area contributed by atoms with Gasteiger partial charge >= 0.3 is 0 Å². The summed E-state index contributed by atoms with van der Waals surface area (Å²) >= 11 is 0. The second-order valence-electron chi connectivity index (χ2n) is 6.53. The van der Waals surface area contributed by atoms with Crippen molar-refractivity contribution >= 4 is 22.9 Å². The highest BCUT2D eigenvalue weighted by Gasteiger charge is 2.55. The summed E-state index contributed by atoms with van der Waals surface area (Å²) in [7, 11) is 0. The summed E-state index contributed by atoms with van der Waals surface area (Å²) in [6, 6.07) is 0. The van der Waals surface area contributed by atoms with Crippen LogP contribution in [0.2, 0.25) is 0 Å². The molecular formula is C16H21N5O3. The number of aromatic nitrogens is 4. The fraction of sp³-hybridized carbons (Fsp3) is 0.562. The molecule has 0 spiro atoms. The van der Waals surface area contributed by atoms with Gasteiger partial charge in [0.05, 0.1) is 17.2 Å². The van der Waals surface area contributed by atoms with Crippen molar-refractivity contribution in [2.75, 3.05) is 5.73 Å². The summed E-state index contributed by atoms with van der Waals surface area (Å²) in [4.78, 5) is 8.39. The number of nitrogens with two attached hydrogens (primary N) is 1. The molecule has 2 aliphatic rings. The minimum Gasteiger partial charge on any atom is -0.383 e. The lowest BCUT2D eigenvalue weighted by Gasteiger charge is -2.24. The molecular weight excluding hydrogens is 310 g/mol. The van der Waals surface area contributed by atoms with E-state index in [2.05, 4.69) is 28.6 Å². The first-order chi connectivity index (χ1) is 11.4. The van der Waals surface area contributed by atoms with Crippen LogP contribution in [0.1, 0.15) is 39.1 Å². The Kier molecular flexibility index (Phi) is 3.38. The van der Waals surface area contributed by atoms with Crippen LogP contribution in [0.15, 0.2) is 12.9 Å². The smallest absolute Gasteiger partial charge is 0.181 e. The molecule has 128 valence electrons. The van der Waals surface area contributed by atoms with Crippen molar-refractivity contribution < 1.29 is 14.2 Å². The van der Waals surface area contributed by atoms with Gasteiger partial charge in [-0.2, -0.15) is 5.10 Å². The number of anilines is 1. The molecule has 0 aromatic carbocycles. The maximum absolute atomic E-state index is 6.18. The monoisotopic (exact) mass is 331 g/mol. The van der Waals surface area contributed by atoms with Gasteiger partial charge in [0.1, 0.15) is 24.4 Å². The average molecular weight is 331 g/mol. The number of rotatable bonds is 3. The summed E-state index contributed by atoms with van der Waals surface area (Å²) in [5.41, 5.74) is 7.23. The molecule has 4 rings (SSSR count). The number of hydrogen-bond donors (Lipinski definition) is 1. The first kappa shape index (κ1) is 15.5. The molecule has 0 aliphatic carbocycles. The number of nitrogen functional groups attached to an aromatic ring is 1. The molecule has 0 unspecified atom stereocenters.